The van der Waals surface area contributed by atoms with Crippen molar-refractivity contribution in [1.82, 2.24) is 5.32 Å². The molecule has 2 atom stereocenters. The van der Waals surface area contributed by atoms with Crippen LogP contribution in [0.25, 0.3) is 0 Å². The molecule has 3 heteroatoms. The van der Waals surface area contributed by atoms with Crippen LogP contribution in [0.4, 0.5) is 0 Å². The summed E-state index contributed by atoms with van der Waals surface area (Å²) in [5.74, 6) is 0.148. The van der Waals surface area contributed by atoms with Gasteiger partial charge in [-0.2, -0.15) is 0 Å². The third-order valence-electron chi connectivity index (χ3n) is 2.77. The molecule has 82 valence electrons. The standard InChI is InChI=1S/C12H17NO2/c14-9-11-8-13-6-7-15-12(11)10-4-2-1-3-5-10/h1-5,11-14H,6-9H2/t11-,12+/m0/s1. The second kappa shape index (κ2) is 5.26. The van der Waals surface area contributed by atoms with Gasteiger partial charge in [-0.1, -0.05) is 30.3 Å². The van der Waals surface area contributed by atoms with E-state index in [1.165, 1.54) is 0 Å². The topological polar surface area (TPSA) is 41.5 Å². The highest BCUT2D eigenvalue weighted by Gasteiger charge is 2.24. The lowest BCUT2D eigenvalue weighted by molar-refractivity contribution is 0.0115. The first-order valence-corrected chi connectivity index (χ1v) is 5.40. The van der Waals surface area contributed by atoms with Gasteiger partial charge in [-0.25, -0.2) is 0 Å². The molecule has 0 aromatic heterocycles. The highest BCUT2D eigenvalue weighted by molar-refractivity contribution is 5.18. The van der Waals surface area contributed by atoms with E-state index in [-0.39, 0.29) is 18.6 Å². The van der Waals surface area contributed by atoms with E-state index in [1.54, 1.807) is 0 Å². The molecule has 1 fully saturated rings. The van der Waals surface area contributed by atoms with E-state index >= 15 is 0 Å². The molecule has 0 bridgehead atoms. The summed E-state index contributed by atoms with van der Waals surface area (Å²) in [7, 11) is 0. The Balaban J connectivity index is 2.16. The average Bonchev–Trinajstić information content (AvgIpc) is 2.55. The Morgan fingerprint density at radius 3 is 2.87 bits per heavy atom. The van der Waals surface area contributed by atoms with Crippen molar-refractivity contribution in [3.05, 3.63) is 35.9 Å². The van der Waals surface area contributed by atoms with Gasteiger partial charge in [0, 0.05) is 25.6 Å². The molecule has 0 unspecified atom stereocenters. The fourth-order valence-corrected chi connectivity index (χ4v) is 1.96. The van der Waals surface area contributed by atoms with Crippen LogP contribution in [0, 0.1) is 5.92 Å². The van der Waals surface area contributed by atoms with E-state index in [9.17, 15) is 5.11 Å². The van der Waals surface area contributed by atoms with Gasteiger partial charge in [-0.05, 0) is 5.56 Å². The smallest absolute Gasteiger partial charge is 0.0887 e. The Bertz CT molecular complexity index is 289. The second-order valence-electron chi connectivity index (χ2n) is 3.85. The van der Waals surface area contributed by atoms with E-state index in [2.05, 4.69) is 17.4 Å². The number of hydrogen-bond donors (Lipinski definition) is 2. The quantitative estimate of drug-likeness (QED) is 0.759. The van der Waals surface area contributed by atoms with Crippen molar-refractivity contribution >= 4 is 0 Å². The summed E-state index contributed by atoms with van der Waals surface area (Å²) < 4.78 is 5.77. The first-order valence-electron chi connectivity index (χ1n) is 5.40. The molecular weight excluding hydrogens is 190 g/mol. The molecule has 15 heavy (non-hydrogen) atoms. The summed E-state index contributed by atoms with van der Waals surface area (Å²) in [6, 6.07) is 10.1. The molecule has 0 radical (unpaired) electrons. The van der Waals surface area contributed by atoms with Gasteiger partial charge >= 0.3 is 0 Å². The summed E-state index contributed by atoms with van der Waals surface area (Å²) >= 11 is 0. The zero-order valence-corrected chi connectivity index (χ0v) is 8.73. The van der Waals surface area contributed by atoms with E-state index in [0.29, 0.717) is 6.61 Å². The molecule has 1 aromatic carbocycles. The van der Waals surface area contributed by atoms with Crippen molar-refractivity contribution in [3.8, 4) is 0 Å². The number of rotatable bonds is 2. The highest BCUT2D eigenvalue weighted by Crippen LogP contribution is 2.26. The van der Waals surface area contributed by atoms with Gasteiger partial charge in [0.15, 0.2) is 0 Å². The van der Waals surface area contributed by atoms with Crippen molar-refractivity contribution in [2.75, 3.05) is 26.3 Å². The lowest BCUT2D eigenvalue weighted by Crippen LogP contribution is -2.27. The molecule has 2 rings (SSSR count). The minimum atomic E-state index is 0.0196. The molecule has 1 aliphatic heterocycles. The van der Waals surface area contributed by atoms with Gasteiger partial charge in [0.25, 0.3) is 0 Å². The second-order valence-corrected chi connectivity index (χ2v) is 3.85. The van der Waals surface area contributed by atoms with E-state index in [4.69, 9.17) is 4.74 Å². The SMILES string of the molecule is OC[C@@H]1CNCCO[C@@H]1c1ccccc1. The summed E-state index contributed by atoms with van der Waals surface area (Å²) in [6.07, 6.45) is 0.0196. The van der Waals surface area contributed by atoms with E-state index in [1.807, 2.05) is 18.2 Å². The molecule has 0 spiro atoms. The number of benzene rings is 1. The molecule has 0 saturated carbocycles. The maximum Gasteiger partial charge on any atom is 0.0887 e. The molecule has 2 N–H and O–H groups in total. The lowest BCUT2D eigenvalue weighted by Gasteiger charge is -2.23. The van der Waals surface area contributed by atoms with Crippen LogP contribution < -0.4 is 5.32 Å². The summed E-state index contributed by atoms with van der Waals surface area (Å²) in [4.78, 5) is 0. The van der Waals surface area contributed by atoms with Gasteiger partial charge in [-0.3, -0.25) is 0 Å². The number of ether oxygens (including phenoxy) is 1. The van der Waals surface area contributed by atoms with E-state index in [0.717, 1.165) is 18.7 Å². The first kappa shape index (κ1) is 10.6. The molecule has 3 nitrogen and oxygen atoms in total. The van der Waals surface area contributed by atoms with Crippen LogP contribution in [0.2, 0.25) is 0 Å². The van der Waals surface area contributed by atoms with Crippen LogP contribution in [0.5, 0.6) is 0 Å². The Morgan fingerprint density at radius 2 is 2.13 bits per heavy atom. The van der Waals surface area contributed by atoms with Gasteiger partial charge in [-0.15, -0.1) is 0 Å². The van der Waals surface area contributed by atoms with Gasteiger partial charge < -0.3 is 15.2 Å². The fraction of sp³-hybridized carbons (Fsp3) is 0.500. The predicted octanol–water partition coefficient (Wildman–Crippen LogP) is 0.956. The molecule has 1 aromatic rings. The number of aliphatic hydroxyl groups is 1. The summed E-state index contributed by atoms with van der Waals surface area (Å²) in [6.45, 7) is 2.54. The normalized spacial score (nSPS) is 27.3. The van der Waals surface area contributed by atoms with Crippen molar-refractivity contribution in [2.45, 2.75) is 6.10 Å². The lowest BCUT2D eigenvalue weighted by atomic mass is 9.96. The minimum Gasteiger partial charge on any atom is -0.396 e. The molecular formula is C12H17NO2. The maximum atomic E-state index is 9.33. The number of hydrogen-bond acceptors (Lipinski definition) is 3. The van der Waals surface area contributed by atoms with Crippen molar-refractivity contribution in [2.24, 2.45) is 5.92 Å². The van der Waals surface area contributed by atoms with Crippen molar-refractivity contribution in [3.63, 3.8) is 0 Å². The summed E-state index contributed by atoms with van der Waals surface area (Å²) in [5, 5.41) is 12.6. The van der Waals surface area contributed by atoms with Crippen molar-refractivity contribution < 1.29 is 9.84 Å². The largest absolute Gasteiger partial charge is 0.396 e. The van der Waals surface area contributed by atoms with Gasteiger partial charge in [0.05, 0.1) is 12.7 Å². The van der Waals surface area contributed by atoms with Crippen molar-refractivity contribution in [1.29, 1.82) is 0 Å². The van der Waals surface area contributed by atoms with Crippen LogP contribution in [0.3, 0.4) is 0 Å². The zero-order chi connectivity index (χ0) is 10.5. The molecule has 0 aliphatic carbocycles. The number of nitrogens with one attached hydrogen (secondary N) is 1. The van der Waals surface area contributed by atoms with Crippen LogP contribution in [0.1, 0.15) is 11.7 Å². The fourth-order valence-electron chi connectivity index (χ4n) is 1.96. The monoisotopic (exact) mass is 207 g/mol. The Morgan fingerprint density at radius 1 is 1.33 bits per heavy atom. The third kappa shape index (κ3) is 2.56. The third-order valence-corrected chi connectivity index (χ3v) is 2.77. The Labute approximate surface area is 90.1 Å². The van der Waals surface area contributed by atoms with Gasteiger partial charge in [0.2, 0.25) is 0 Å². The van der Waals surface area contributed by atoms with Gasteiger partial charge in [0.1, 0.15) is 0 Å². The summed E-state index contributed by atoms with van der Waals surface area (Å²) in [5.41, 5.74) is 1.15. The first-order chi connectivity index (χ1) is 7.42. The van der Waals surface area contributed by atoms with Crippen LogP contribution in [0.15, 0.2) is 30.3 Å². The molecule has 1 aliphatic rings. The maximum absolute atomic E-state index is 9.33. The molecule has 0 amide bonds. The number of aliphatic hydroxyl groups excluding tert-OH is 1. The highest BCUT2D eigenvalue weighted by atomic mass is 16.5. The van der Waals surface area contributed by atoms with E-state index < -0.39 is 0 Å². The molecule has 1 heterocycles. The average molecular weight is 207 g/mol. The van der Waals surface area contributed by atoms with Crippen LogP contribution in [-0.4, -0.2) is 31.4 Å². The Kier molecular flexibility index (Phi) is 3.72. The molecule has 1 saturated heterocycles. The minimum absolute atomic E-state index is 0.0196. The predicted molar refractivity (Wildman–Crippen MR) is 58.6 cm³/mol. The van der Waals surface area contributed by atoms with Crippen LogP contribution >= 0.6 is 0 Å². The van der Waals surface area contributed by atoms with Crippen LogP contribution in [-0.2, 0) is 4.74 Å². The Hall–Kier alpha value is -0.900. The zero-order valence-electron chi connectivity index (χ0n) is 8.73.